The van der Waals surface area contributed by atoms with Gasteiger partial charge >= 0.3 is 0 Å². The predicted octanol–water partition coefficient (Wildman–Crippen LogP) is 0.616. The SMILES string of the molecule is CC[C@@H](CO)Nc1cnn(C)c(=O)c1Cl. The van der Waals surface area contributed by atoms with Crippen LogP contribution >= 0.6 is 11.6 Å². The summed E-state index contributed by atoms with van der Waals surface area (Å²) in [5, 5.41) is 15.9. The quantitative estimate of drug-likeness (QED) is 0.797. The molecule has 0 aliphatic heterocycles. The number of aliphatic hydroxyl groups excluding tert-OH is 1. The van der Waals surface area contributed by atoms with Crippen molar-refractivity contribution in [3.63, 3.8) is 0 Å². The largest absolute Gasteiger partial charge is 0.394 e. The smallest absolute Gasteiger partial charge is 0.287 e. The number of nitrogens with one attached hydrogen (secondary N) is 1. The van der Waals surface area contributed by atoms with Crippen molar-refractivity contribution in [3.8, 4) is 0 Å². The predicted molar refractivity (Wildman–Crippen MR) is 59.3 cm³/mol. The van der Waals surface area contributed by atoms with Crippen LogP contribution in [-0.2, 0) is 7.05 Å². The van der Waals surface area contributed by atoms with Crippen molar-refractivity contribution in [3.05, 3.63) is 21.6 Å². The van der Waals surface area contributed by atoms with Gasteiger partial charge in [-0.3, -0.25) is 4.79 Å². The summed E-state index contributed by atoms with van der Waals surface area (Å²) >= 11 is 5.84. The molecule has 1 rings (SSSR count). The molecule has 84 valence electrons. The minimum Gasteiger partial charge on any atom is -0.394 e. The third-order valence-electron chi connectivity index (χ3n) is 2.15. The normalized spacial score (nSPS) is 12.5. The molecule has 2 N–H and O–H groups in total. The first-order valence-electron chi connectivity index (χ1n) is 4.69. The Bertz CT molecular complexity index is 387. The third-order valence-corrected chi connectivity index (χ3v) is 2.52. The van der Waals surface area contributed by atoms with Crippen molar-refractivity contribution in [1.82, 2.24) is 9.78 Å². The summed E-state index contributed by atoms with van der Waals surface area (Å²) in [5.74, 6) is 0. The fourth-order valence-electron chi connectivity index (χ4n) is 1.11. The minimum atomic E-state index is -0.352. The highest BCUT2D eigenvalue weighted by molar-refractivity contribution is 6.32. The molecule has 0 unspecified atom stereocenters. The van der Waals surface area contributed by atoms with E-state index in [1.54, 1.807) is 0 Å². The van der Waals surface area contributed by atoms with Crippen LogP contribution < -0.4 is 10.9 Å². The van der Waals surface area contributed by atoms with Crippen LogP contribution in [0.2, 0.25) is 5.02 Å². The van der Waals surface area contributed by atoms with Gasteiger partial charge in [0.1, 0.15) is 5.02 Å². The second kappa shape index (κ2) is 5.14. The van der Waals surface area contributed by atoms with Gasteiger partial charge < -0.3 is 10.4 Å². The van der Waals surface area contributed by atoms with E-state index in [1.807, 2.05) is 6.92 Å². The highest BCUT2D eigenvalue weighted by atomic mass is 35.5. The van der Waals surface area contributed by atoms with E-state index in [1.165, 1.54) is 13.2 Å². The highest BCUT2D eigenvalue weighted by Crippen LogP contribution is 2.16. The number of anilines is 1. The zero-order chi connectivity index (χ0) is 11.4. The van der Waals surface area contributed by atoms with E-state index < -0.39 is 0 Å². The average Bonchev–Trinajstić information content (AvgIpc) is 2.25. The molecule has 0 aliphatic carbocycles. The van der Waals surface area contributed by atoms with Gasteiger partial charge in [-0.15, -0.1) is 0 Å². The molecule has 1 aromatic rings. The molecule has 1 atom stereocenters. The van der Waals surface area contributed by atoms with Crippen LogP contribution in [0, 0.1) is 0 Å². The monoisotopic (exact) mass is 231 g/mol. The van der Waals surface area contributed by atoms with Gasteiger partial charge in [0.2, 0.25) is 0 Å². The second-order valence-electron chi connectivity index (χ2n) is 3.23. The number of rotatable bonds is 4. The van der Waals surface area contributed by atoms with E-state index in [0.29, 0.717) is 5.69 Å². The maximum Gasteiger partial charge on any atom is 0.287 e. The van der Waals surface area contributed by atoms with Crippen LogP contribution in [0.1, 0.15) is 13.3 Å². The maximum atomic E-state index is 11.4. The highest BCUT2D eigenvalue weighted by Gasteiger charge is 2.10. The summed E-state index contributed by atoms with van der Waals surface area (Å²) in [4.78, 5) is 11.4. The minimum absolute atomic E-state index is 0.0119. The summed E-state index contributed by atoms with van der Waals surface area (Å²) in [6.45, 7) is 1.91. The van der Waals surface area contributed by atoms with Gasteiger partial charge in [-0.05, 0) is 6.42 Å². The maximum absolute atomic E-state index is 11.4. The third kappa shape index (κ3) is 2.70. The molecule has 0 bridgehead atoms. The zero-order valence-corrected chi connectivity index (χ0v) is 9.45. The molecule has 0 aromatic carbocycles. The van der Waals surface area contributed by atoms with Gasteiger partial charge in [-0.25, -0.2) is 4.68 Å². The standard InChI is InChI=1S/C9H14ClN3O2/c1-3-6(5-14)12-7-4-11-13(2)9(15)8(7)10/h4,6,12,14H,3,5H2,1-2H3/t6-/m0/s1. The molecule has 1 heterocycles. The summed E-state index contributed by atoms with van der Waals surface area (Å²) in [6.07, 6.45) is 2.21. The molecular formula is C9H14ClN3O2. The Hall–Kier alpha value is -1.07. The lowest BCUT2D eigenvalue weighted by atomic mass is 10.2. The van der Waals surface area contributed by atoms with E-state index in [9.17, 15) is 4.79 Å². The number of hydrogen-bond acceptors (Lipinski definition) is 4. The number of nitrogens with zero attached hydrogens (tertiary/aromatic N) is 2. The van der Waals surface area contributed by atoms with Crippen LogP contribution in [0.4, 0.5) is 5.69 Å². The Balaban J connectivity index is 2.96. The van der Waals surface area contributed by atoms with Crippen LogP contribution in [-0.4, -0.2) is 27.5 Å². The first kappa shape index (κ1) is 12.0. The van der Waals surface area contributed by atoms with Crippen molar-refractivity contribution in [2.45, 2.75) is 19.4 Å². The number of hydrogen-bond donors (Lipinski definition) is 2. The first-order chi connectivity index (χ1) is 7.10. The Morgan fingerprint density at radius 1 is 1.73 bits per heavy atom. The van der Waals surface area contributed by atoms with Crippen molar-refractivity contribution in [1.29, 1.82) is 0 Å². The Morgan fingerprint density at radius 3 is 2.93 bits per heavy atom. The van der Waals surface area contributed by atoms with Gasteiger partial charge in [0, 0.05) is 13.1 Å². The molecule has 0 amide bonds. The summed E-state index contributed by atoms with van der Waals surface area (Å²) in [6, 6.07) is -0.114. The Morgan fingerprint density at radius 2 is 2.40 bits per heavy atom. The van der Waals surface area contributed by atoms with Gasteiger partial charge in [0.25, 0.3) is 5.56 Å². The van der Waals surface area contributed by atoms with E-state index in [0.717, 1.165) is 11.1 Å². The topological polar surface area (TPSA) is 67.2 Å². The van der Waals surface area contributed by atoms with Crippen LogP contribution in [0.3, 0.4) is 0 Å². The number of aliphatic hydroxyl groups is 1. The van der Waals surface area contributed by atoms with Crippen molar-refractivity contribution in [2.75, 3.05) is 11.9 Å². The van der Waals surface area contributed by atoms with Gasteiger partial charge in [-0.1, -0.05) is 18.5 Å². The van der Waals surface area contributed by atoms with Crippen molar-refractivity contribution >= 4 is 17.3 Å². The first-order valence-corrected chi connectivity index (χ1v) is 5.07. The molecule has 15 heavy (non-hydrogen) atoms. The van der Waals surface area contributed by atoms with Crippen molar-refractivity contribution < 1.29 is 5.11 Å². The fourth-order valence-corrected chi connectivity index (χ4v) is 1.33. The number of aryl methyl sites for hydroxylation is 1. The molecule has 0 spiro atoms. The molecule has 0 saturated carbocycles. The molecule has 0 aliphatic rings. The average molecular weight is 232 g/mol. The van der Waals surface area contributed by atoms with Gasteiger partial charge in [-0.2, -0.15) is 5.10 Å². The molecule has 6 heteroatoms. The summed E-state index contributed by atoms with van der Waals surface area (Å²) in [7, 11) is 1.53. The Labute approximate surface area is 92.7 Å². The van der Waals surface area contributed by atoms with Gasteiger partial charge in [0.15, 0.2) is 0 Å². The van der Waals surface area contributed by atoms with E-state index in [2.05, 4.69) is 10.4 Å². The molecule has 0 fully saturated rings. The lowest BCUT2D eigenvalue weighted by molar-refractivity contribution is 0.272. The van der Waals surface area contributed by atoms with Gasteiger partial charge in [0.05, 0.1) is 18.5 Å². The Kier molecular flexibility index (Phi) is 4.11. The molecule has 5 nitrogen and oxygen atoms in total. The fraction of sp³-hybridized carbons (Fsp3) is 0.556. The summed E-state index contributed by atoms with van der Waals surface area (Å²) < 4.78 is 1.16. The summed E-state index contributed by atoms with van der Waals surface area (Å²) in [5.41, 5.74) is 0.107. The second-order valence-corrected chi connectivity index (χ2v) is 3.61. The zero-order valence-electron chi connectivity index (χ0n) is 8.70. The molecule has 0 saturated heterocycles. The van der Waals surface area contributed by atoms with Crippen LogP contribution in [0.5, 0.6) is 0 Å². The van der Waals surface area contributed by atoms with E-state index in [-0.39, 0.29) is 23.2 Å². The van der Waals surface area contributed by atoms with E-state index in [4.69, 9.17) is 16.7 Å². The molecule has 1 aromatic heterocycles. The lowest BCUT2D eigenvalue weighted by Crippen LogP contribution is -2.26. The van der Waals surface area contributed by atoms with E-state index >= 15 is 0 Å². The number of halogens is 1. The molecule has 0 radical (unpaired) electrons. The van der Waals surface area contributed by atoms with Crippen molar-refractivity contribution in [2.24, 2.45) is 7.05 Å². The molecular weight excluding hydrogens is 218 g/mol. The van der Waals surface area contributed by atoms with Crippen LogP contribution in [0.15, 0.2) is 11.0 Å². The lowest BCUT2D eigenvalue weighted by Gasteiger charge is -2.15. The van der Waals surface area contributed by atoms with Crippen LogP contribution in [0.25, 0.3) is 0 Å². The number of aromatic nitrogens is 2.